The summed E-state index contributed by atoms with van der Waals surface area (Å²) in [5.74, 6) is 1.60. The van der Waals surface area contributed by atoms with E-state index in [0.29, 0.717) is 35.6 Å². The molecule has 0 saturated carbocycles. The lowest BCUT2D eigenvalue weighted by Gasteiger charge is -2.34. The van der Waals surface area contributed by atoms with Crippen LogP contribution < -0.4 is 4.74 Å². The van der Waals surface area contributed by atoms with Crippen LogP contribution in [0, 0.1) is 5.82 Å². The average Bonchev–Trinajstić information content (AvgIpc) is 3.18. The van der Waals surface area contributed by atoms with E-state index in [1.165, 1.54) is 6.07 Å². The number of rotatable bonds is 6. The van der Waals surface area contributed by atoms with Crippen molar-refractivity contribution in [2.24, 2.45) is 0 Å². The topological polar surface area (TPSA) is 54.6 Å². The smallest absolute Gasteiger partial charge is 0.241 e. The first-order chi connectivity index (χ1) is 14.1. The van der Waals surface area contributed by atoms with E-state index in [2.05, 4.69) is 19.9 Å². The summed E-state index contributed by atoms with van der Waals surface area (Å²) in [5, 5.41) is 4.70. The molecule has 0 unspecified atom stereocenters. The summed E-state index contributed by atoms with van der Waals surface area (Å²) >= 11 is 6.03. The SMILES string of the molecule is COc1ccc(F)cc1CN1CCN(Cc2nc(-c3cccc(Cl)c3)no2)CC1. The van der Waals surface area contributed by atoms with Gasteiger partial charge in [-0.05, 0) is 30.3 Å². The van der Waals surface area contributed by atoms with E-state index in [1.807, 2.05) is 24.3 Å². The third-order valence-electron chi connectivity index (χ3n) is 5.01. The van der Waals surface area contributed by atoms with Gasteiger partial charge in [0.25, 0.3) is 0 Å². The summed E-state index contributed by atoms with van der Waals surface area (Å²) < 4.78 is 24.3. The number of hydrogen-bond donors (Lipinski definition) is 0. The Bertz CT molecular complexity index is 973. The molecule has 0 bridgehead atoms. The number of methoxy groups -OCH3 is 1. The molecule has 0 atom stereocenters. The van der Waals surface area contributed by atoms with Gasteiger partial charge < -0.3 is 9.26 Å². The first-order valence-electron chi connectivity index (χ1n) is 9.46. The van der Waals surface area contributed by atoms with Crippen LogP contribution in [0.4, 0.5) is 4.39 Å². The molecule has 1 saturated heterocycles. The van der Waals surface area contributed by atoms with E-state index < -0.39 is 0 Å². The zero-order valence-corrected chi connectivity index (χ0v) is 16.9. The van der Waals surface area contributed by atoms with Gasteiger partial charge in [0.05, 0.1) is 13.7 Å². The highest BCUT2D eigenvalue weighted by Crippen LogP contribution is 2.23. The summed E-state index contributed by atoms with van der Waals surface area (Å²) in [6, 6.07) is 12.0. The number of piperazine rings is 1. The van der Waals surface area contributed by atoms with Crippen LogP contribution in [0.15, 0.2) is 47.0 Å². The molecule has 1 aromatic heterocycles. The van der Waals surface area contributed by atoms with Crippen molar-refractivity contribution in [3.05, 3.63) is 64.8 Å². The number of aromatic nitrogens is 2. The minimum Gasteiger partial charge on any atom is -0.496 e. The summed E-state index contributed by atoms with van der Waals surface area (Å²) in [6.07, 6.45) is 0. The van der Waals surface area contributed by atoms with E-state index >= 15 is 0 Å². The van der Waals surface area contributed by atoms with Gasteiger partial charge in [-0.3, -0.25) is 9.80 Å². The van der Waals surface area contributed by atoms with Crippen LogP contribution in [0.5, 0.6) is 5.75 Å². The molecule has 1 fully saturated rings. The summed E-state index contributed by atoms with van der Waals surface area (Å²) in [7, 11) is 1.61. The number of nitrogens with zero attached hydrogens (tertiary/aromatic N) is 4. The molecule has 8 heteroatoms. The Morgan fingerprint density at radius 2 is 1.83 bits per heavy atom. The largest absolute Gasteiger partial charge is 0.496 e. The van der Waals surface area contributed by atoms with Gasteiger partial charge in [-0.15, -0.1) is 0 Å². The van der Waals surface area contributed by atoms with Gasteiger partial charge in [0, 0.05) is 48.9 Å². The summed E-state index contributed by atoms with van der Waals surface area (Å²) in [6.45, 7) is 4.74. The first kappa shape index (κ1) is 19.8. The average molecular weight is 417 g/mol. The van der Waals surface area contributed by atoms with Crippen molar-refractivity contribution in [1.82, 2.24) is 19.9 Å². The Labute approximate surface area is 173 Å². The van der Waals surface area contributed by atoms with Gasteiger partial charge >= 0.3 is 0 Å². The highest BCUT2D eigenvalue weighted by molar-refractivity contribution is 6.30. The van der Waals surface area contributed by atoms with Crippen LogP contribution in [0.3, 0.4) is 0 Å². The molecule has 0 amide bonds. The molecule has 6 nitrogen and oxygen atoms in total. The molecule has 29 heavy (non-hydrogen) atoms. The number of hydrogen-bond acceptors (Lipinski definition) is 6. The predicted molar refractivity (Wildman–Crippen MR) is 108 cm³/mol. The fraction of sp³-hybridized carbons (Fsp3) is 0.333. The lowest BCUT2D eigenvalue weighted by atomic mass is 10.1. The molecular formula is C21H22ClFN4O2. The second-order valence-electron chi connectivity index (χ2n) is 7.03. The minimum atomic E-state index is -0.244. The van der Waals surface area contributed by atoms with Gasteiger partial charge in [-0.1, -0.05) is 28.9 Å². The highest BCUT2D eigenvalue weighted by Gasteiger charge is 2.20. The Balaban J connectivity index is 1.32. The highest BCUT2D eigenvalue weighted by atomic mass is 35.5. The summed E-state index contributed by atoms with van der Waals surface area (Å²) in [4.78, 5) is 9.05. The van der Waals surface area contributed by atoms with E-state index in [-0.39, 0.29) is 5.82 Å². The maximum absolute atomic E-state index is 13.6. The molecule has 0 aliphatic carbocycles. The molecule has 0 radical (unpaired) electrons. The van der Waals surface area contributed by atoms with Crippen LogP contribution in [0.25, 0.3) is 11.4 Å². The van der Waals surface area contributed by atoms with E-state index in [9.17, 15) is 4.39 Å². The molecule has 152 valence electrons. The third-order valence-corrected chi connectivity index (χ3v) is 5.25. The van der Waals surface area contributed by atoms with Crippen molar-refractivity contribution in [3.8, 4) is 17.1 Å². The van der Waals surface area contributed by atoms with Gasteiger partial charge in [0.2, 0.25) is 11.7 Å². The Hall–Kier alpha value is -2.48. The standard InChI is InChI=1S/C21H22ClFN4O2/c1-28-19-6-5-18(23)12-16(19)13-26-7-9-27(10-8-26)14-20-24-21(25-29-20)15-3-2-4-17(22)11-15/h2-6,11-12H,7-10,13-14H2,1H3. The molecule has 1 aliphatic rings. The second kappa shape index (κ2) is 8.90. The van der Waals surface area contributed by atoms with Crippen molar-refractivity contribution >= 4 is 11.6 Å². The second-order valence-corrected chi connectivity index (χ2v) is 7.47. The maximum atomic E-state index is 13.6. The van der Waals surface area contributed by atoms with E-state index in [1.54, 1.807) is 19.2 Å². The van der Waals surface area contributed by atoms with Crippen LogP contribution in [0.2, 0.25) is 5.02 Å². The van der Waals surface area contributed by atoms with Crippen LogP contribution in [-0.2, 0) is 13.1 Å². The van der Waals surface area contributed by atoms with Gasteiger partial charge in [-0.2, -0.15) is 4.98 Å². The molecule has 1 aliphatic heterocycles. The maximum Gasteiger partial charge on any atom is 0.241 e. The van der Waals surface area contributed by atoms with Crippen LogP contribution >= 0.6 is 11.6 Å². The van der Waals surface area contributed by atoms with Crippen molar-refractivity contribution in [3.63, 3.8) is 0 Å². The van der Waals surface area contributed by atoms with E-state index in [4.69, 9.17) is 20.9 Å². The molecule has 0 spiro atoms. The molecule has 4 rings (SSSR count). The number of halogens is 2. The van der Waals surface area contributed by atoms with Crippen molar-refractivity contribution < 1.29 is 13.7 Å². The van der Waals surface area contributed by atoms with Crippen molar-refractivity contribution in [1.29, 1.82) is 0 Å². The molecule has 2 heterocycles. The lowest BCUT2D eigenvalue weighted by molar-refractivity contribution is 0.111. The third kappa shape index (κ3) is 4.93. The normalized spacial score (nSPS) is 15.6. The van der Waals surface area contributed by atoms with Crippen LogP contribution in [0.1, 0.15) is 11.5 Å². The predicted octanol–water partition coefficient (Wildman–Crippen LogP) is 3.86. The molecule has 2 aromatic carbocycles. The Kier molecular flexibility index (Phi) is 6.08. The van der Waals surface area contributed by atoms with Gasteiger partial charge in [0.1, 0.15) is 11.6 Å². The molecule has 0 N–H and O–H groups in total. The molecule has 3 aromatic rings. The monoisotopic (exact) mass is 416 g/mol. The van der Waals surface area contributed by atoms with Crippen molar-refractivity contribution in [2.45, 2.75) is 13.1 Å². The van der Waals surface area contributed by atoms with Crippen molar-refractivity contribution in [2.75, 3.05) is 33.3 Å². The summed E-state index contributed by atoms with van der Waals surface area (Å²) in [5.41, 5.74) is 1.70. The zero-order chi connectivity index (χ0) is 20.2. The lowest BCUT2D eigenvalue weighted by Crippen LogP contribution is -2.45. The van der Waals surface area contributed by atoms with Gasteiger partial charge in [0.15, 0.2) is 0 Å². The van der Waals surface area contributed by atoms with Crippen LogP contribution in [-0.4, -0.2) is 53.2 Å². The van der Waals surface area contributed by atoms with Gasteiger partial charge in [-0.25, -0.2) is 4.39 Å². The fourth-order valence-corrected chi connectivity index (χ4v) is 3.66. The number of ether oxygens (including phenoxy) is 1. The molecular weight excluding hydrogens is 395 g/mol. The Morgan fingerprint density at radius 3 is 2.55 bits per heavy atom. The Morgan fingerprint density at radius 1 is 1.07 bits per heavy atom. The minimum absolute atomic E-state index is 0.244. The first-order valence-corrected chi connectivity index (χ1v) is 9.84. The van der Waals surface area contributed by atoms with E-state index in [0.717, 1.165) is 37.3 Å². The fourth-order valence-electron chi connectivity index (χ4n) is 3.47. The zero-order valence-electron chi connectivity index (χ0n) is 16.1. The quantitative estimate of drug-likeness (QED) is 0.608. The number of benzene rings is 2.